The van der Waals surface area contributed by atoms with Gasteiger partial charge in [0.2, 0.25) is 0 Å². The average molecular weight is 274 g/mol. The summed E-state index contributed by atoms with van der Waals surface area (Å²) in [6, 6.07) is 11.5. The zero-order valence-corrected chi connectivity index (χ0v) is 11.1. The molecule has 0 bridgehead atoms. The molecular formula is C15H14O5. The third-order valence-corrected chi connectivity index (χ3v) is 2.70. The highest BCUT2D eigenvalue weighted by molar-refractivity contribution is 5.88. The predicted molar refractivity (Wildman–Crippen MR) is 73.0 cm³/mol. The summed E-state index contributed by atoms with van der Waals surface area (Å²) in [6.07, 6.45) is 0. The normalized spacial score (nSPS) is 9.90. The topological polar surface area (TPSA) is 65.0 Å². The van der Waals surface area contributed by atoms with Crippen molar-refractivity contribution in [1.82, 2.24) is 0 Å². The first kappa shape index (κ1) is 13.7. The van der Waals surface area contributed by atoms with Crippen LogP contribution in [0.3, 0.4) is 0 Å². The predicted octanol–water partition coefficient (Wildman–Crippen LogP) is 3.19. The summed E-state index contributed by atoms with van der Waals surface area (Å²) in [5.41, 5.74) is 0.143. The first-order chi connectivity index (χ1) is 9.63. The highest BCUT2D eigenvalue weighted by Crippen LogP contribution is 2.32. The molecular weight excluding hydrogens is 260 g/mol. The fourth-order valence-corrected chi connectivity index (χ4v) is 1.66. The van der Waals surface area contributed by atoms with E-state index >= 15 is 0 Å². The van der Waals surface area contributed by atoms with Crippen LogP contribution in [0.1, 0.15) is 10.4 Å². The van der Waals surface area contributed by atoms with Gasteiger partial charge >= 0.3 is 5.97 Å². The minimum absolute atomic E-state index is 0.143. The van der Waals surface area contributed by atoms with Crippen molar-refractivity contribution in [3.8, 4) is 23.0 Å². The van der Waals surface area contributed by atoms with Crippen LogP contribution < -0.4 is 14.2 Å². The molecule has 0 amide bonds. The number of methoxy groups -OCH3 is 2. The number of hydrogen-bond acceptors (Lipinski definition) is 4. The standard InChI is InChI=1S/C15H14O5/c1-18-11-4-6-12(7-5-11)20-13-8-3-10(15(16)17)9-14(13)19-2/h3-9H,1-2H3,(H,16,17). The van der Waals surface area contributed by atoms with Crippen LogP contribution in [0, 0.1) is 0 Å². The van der Waals surface area contributed by atoms with Gasteiger partial charge in [0.1, 0.15) is 11.5 Å². The number of ether oxygens (including phenoxy) is 3. The minimum atomic E-state index is -1.01. The molecule has 5 nitrogen and oxygen atoms in total. The van der Waals surface area contributed by atoms with E-state index < -0.39 is 5.97 Å². The van der Waals surface area contributed by atoms with Crippen LogP contribution in [-0.2, 0) is 0 Å². The van der Waals surface area contributed by atoms with Crippen LogP contribution in [0.4, 0.5) is 0 Å². The molecule has 0 saturated heterocycles. The Bertz CT molecular complexity index is 604. The molecule has 2 rings (SSSR count). The number of benzene rings is 2. The first-order valence-electron chi connectivity index (χ1n) is 5.87. The number of carbonyl (C=O) groups is 1. The van der Waals surface area contributed by atoms with Crippen LogP contribution in [0.2, 0.25) is 0 Å². The van der Waals surface area contributed by atoms with Crippen LogP contribution in [-0.4, -0.2) is 25.3 Å². The lowest BCUT2D eigenvalue weighted by atomic mass is 10.2. The summed E-state index contributed by atoms with van der Waals surface area (Å²) < 4.78 is 15.9. The fourth-order valence-electron chi connectivity index (χ4n) is 1.66. The molecule has 0 aliphatic heterocycles. The Morgan fingerprint density at radius 1 is 0.900 bits per heavy atom. The molecule has 2 aromatic carbocycles. The summed E-state index contributed by atoms with van der Waals surface area (Å²) in [5.74, 6) is 1.13. The van der Waals surface area contributed by atoms with Crippen molar-refractivity contribution in [3.63, 3.8) is 0 Å². The van der Waals surface area contributed by atoms with Crippen LogP contribution in [0.5, 0.6) is 23.0 Å². The van der Waals surface area contributed by atoms with Gasteiger partial charge in [-0.15, -0.1) is 0 Å². The summed E-state index contributed by atoms with van der Waals surface area (Å²) >= 11 is 0. The molecule has 0 radical (unpaired) electrons. The summed E-state index contributed by atoms with van der Waals surface area (Å²) in [4.78, 5) is 10.9. The van der Waals surface area contributed by atoms with Gasteiger partial charge in [0.05, 0.1) is 19.8 Å². The molecule has 2 aromatic rings. The Morgan fingerprint density at radius 3 is 2.10 bits per heavy atom. The van der Waals surface area contributed by atoms with Crippen molar-refractivity contribution in [3.05, 3.63) is 48.0 Å². The molecule has 0 atom stereocenters. The highest BCUT2D eigenvalue weighted by Gasteiger charge is 2.10. The Labute approximate surface area is 116 Å². The summed E-state index contributed by atoms with van der Waals surface area (Å²) in [5, 5.41) is 8.93. The molecule has 0 fully saturated rings. The molecule has 0 unspecified atom stereocenters. The quantitative estimate of drug-likeness (QED) is 0.907. The van der Waals surface area contributed by atoms with Crippen molar-refractivity contribution in [2.75, 3.05) is 14.2 Å². The van der Waals surface area contributed by atoms with Gasteiger partial charge in [-0.3, -0.25) is 0 Å². The first-order valence-corrected chi connectivity index (χ1v) is 5.87. The number of aromatic carboxylic acids is 1. The zero-order chi connectivity index (χ0) is 14.5. The lowest BCUT2D eigenvalue weighted by Crippen LogP contribution is -1.98. The van der Waals surface area contributed by atoms with Gasteiger partial charge in [-0.05, 0) is 42.5 Å². The van der Waals surface area contributed by atoms with E-state index in [1.54, 1.807) is 37.4 Å². The van der Waals surface area contributed by atoms with Crippen LogP contribution in [0.15, 0.2) is 42.5 Å². The SMILES string of the molecule is COc1ccc(Oc2ccc(C(=O)O)cc2OC)cc1. The smallest absolute Gasteiger partial charge is 0.335 e. The largest absolute Gasteiger partial charge is 0.497 e. The molecule has 5 heteroatoms. The Balaban J connectivity index is 2.25. The number of carboxylic acids is 1. The maximum atomic E-state index is 10.9. The molecule has 0 aliphatic rings. The van der Waals surface area contributed by atoms with E-state index in [-0.39, 0.29) is 5.56 Å². The molecule has 0 heterocycles. The maximum absolute atomic E-state index is 10.9. The van der Waals surface area contributed by atoms with Gasteiger partial charge in [0, 0.05) is 0 Å². The highest BCUT2D eigenvalue weighted by atomic mass is 16.5. The Morgan fingerprint density at radius 2 is 1.55 bits per heavy atom. The summed E-state index contributed by atoms with van der Waals surface area (Å²) in [6.45, 7) is 0. The number of carboxylic acid groups (broad SMARTS) is 1. The van der Waals surface area contributed by atoms with Gasteiger partial charge in [0.15, 0.2) is 11.5 Å². The Hall–Kier alpha value is -2.69. The van der Waals surface area contributed by atoms with E-state index in [4.69, 9.17) is 19.3 Å². The summed E-state index contributed by atoms with van der Waals surface area (Å²) in [7, 11) is 3.05. The van der Waals surface area contributed by atoms with Gasteiger partial charge in [-0.2, -0.15) is 0 Å². The van der Waals surface area contributed by atoms with E-state index in [0.717, 1.165) is 5.75 Å². The van der Waals surface area contributed by atoms with Crippen molar-refractivity contribution >= 4 is 5.97 Å². The van der Waals surface area contributed by atoms with Crippen molar-refractivity contribution < 1.29 is 24.1 Å². The Kier molecular flexibility index (Phi) is 4.10. The second-order valence-corrected chi connectivity index (χ2v) is 3.95. The second kappa shape index (κ2) is 5.97. The van der Waals surface area contributed by atoms with Crippen molar-refractivity contribution in [1.29, 1.82) is 0 Å². The molecule has 0 aromatic heterocycles. The van der Waals surface area contributed by atoms with Crippen LogP contribution in [0.25, 0.3) is 0 Å². The monoisotopic (exact) mass is 274 g/mol. The van der Waals surface area contributed by atoms with E-state index in [1.807, 2.05) is 0 Å². The molecule has 1 N–H and O–H groups in total. The van der Waals surface area contributed by atoms with Crippen molar-refractivity contribution in [2.24, 2.45) is 0 Å². The second-order valence-electron chi connectivity index (χ2n) is 3.95. The fraction of sp³-hybridized carbons (Fsp3) is 0.133. The third kappa shape index (κ3) is 3.00. The molecule has 0 saturated carbocycles. The number of hydrogen-bond donors (Lipinski definition) is 1. The van der Waals surface area contributed by atoms with E-state index in [1.165, 1.54) is 19.2 Å². The molecule has 0 spiro atoms. The van der Waals surface area contributed by atoms with E-state index in [9.17, 15) is 4.79 Å². The van der Waals surface area contributed by atoms with Gasteiger partial charge in [-0.1, -0.05) is 0 Å². The number of rotatable bonds is 5. The molecule has 0 aliphatic carbocycles. The minimum Gasteiger partial charge on any atom is -0.497 e. The van der Waals surface area contributed by atoms with E-state index in [0.29, 0.717) is 17.2 Å². The molecule has 104 valence electrons. The van der Waals surface area contributed by atoms with Crippen molar-refractivity contribution in [2.45, 2.75) is 0 Å². The van der Waals surface area contributed by atoms with Gasteiger partial charge in [-0.25, -0.2) is 4.79 Å². The third-order valence-electron chi connectivity index (χ3n) is 2.70. The average Bonchev–Trinajstić information content (AvgIpc) is 2.48. The van der Waals surface area contributed by atoms with Gasteiger partial charge in [0.25, 0.3) is 0 Å². The maximum Gasteiger partial charge on any atom is 0.335 e. The lowest BCUT2D eigenvalue weighted by Gasteiger charge is -2.11. The zero-order valence-electron chi connectivity index (χ0n) is 11.1. The lowest BCUT2D eigenvalue weighted by molar-refractivity contribution is 0.0696. The van der Waals surface area contributed by atoms with Gasteiger partial charge < -0.3 is 19.3 Å². The van der Waals surface area contributed by atoms with Crippen LogP contribution >= 0.6 is 0 Å². The van der Waals surface area contributed by atoms with E-state index in [2.05, 4.69) is 0 Å². The molecule has 20 heavy (non-hydrogen) atoms.